The Balaban J connectivity index is 0.000000956. The van der Waals surface area contributed by atoms with Crippen molar-refractivity contribution >= 4 is 23.5 Å². The van der Waals surface area contributed by atoms with Gasteiger partial charge in [0.05, 0.1) is 0 Å². The van der Waals surface area contributed by atoms with Crippen LogP contribution in [0, 0.1) is 0 Å². The summed E-state index contributed by atoms with van der Waals surface area (Å²) in [6, 6.07) is 8.47. The zero-order valence-corrected chi connectivity index (χ0v) is 22.2. The molecule has 0 fully saturated rings. The Morgan fingerprint density at radius 3 is 1.79 bits per heavy atom. The number of alkyl halides is 6. The van der Waals surface area contributed by atoms with Gasteiger partial charge in [0.25, 0.3) is 0 Å². The predicted octanol–water partition coefficient (Wildman–Crippen LogP) is 5.95. The summed E-state index contributed by atoms with van der Waals surface area (Å²) in [5.74, 6) is -4.58. The van der Waals surface area contributed by atoms with E-state index < -0.39 is 48.1 Å². The molecule has 1 atom stereocenters. The van der Waals surface area contributed by atoms with Gasteiger partial charge in [-0.05, 0) is 49.9 Å². The predicted molar refractivity (Wildman–Crippen MR) is 132 cm³/mol. The molecule has 39 heavy (non-hydrogen) atoms. The molecule has 1 aromatic heterocycles. The number of anilines is 1. The summed E-state index contributed by atoms with van der Waals surface area (Å²) in [6.07, 6.45) is -8.62. The highest BCUT2D eigenvalue weighted by atomic mass is 19.4. The van der Waals surface area contributed by atoms with Gasteiger partial charge in [-0.2, -0.15) is 26.3 Å². The largest absolute Gasteiger partial charge is 0.490 e. The van der Waals surface area contributed by atoms with E-state index in [1.807, 2.05) is 20.8 Å². The minimum atomic E-state index is -5.08. The van der Waals surface area contributed by atoms with E-state index in [-0.39, 0.29) is 11.1 Å². The van der Waals surface area contributed by atoms with Gasteiger partial charge in [-0.1, -0.05) is 39.0 Å². The van der Waals surface area contributed by atoms with Gasteiger partial charge in [-0.25, -0.2) is 4.79 Å². The van der Waals surface area contributed by atoms with Gasteiger partial charge >= 0.3 is 18.3 Å². The van der Waals surface area contributed by atoms with Gasteiger partial charge in [0.15, 0.2) is 0 Å². The topological polar surface area (TPSA) is 99.6 Å². The third-order valence-corrected chi connectivity index (χ3v) is 4.88. The van der Waals surface area contributed by atoms with Crippen LogP contribution in [0.4, 0.5) is 32.0 Å². The van der Waals surface area contributed by atoms with Crippen molar-refractivity contribution in [1.82, 2.24) is 10.3 Å². The van der Waals surface area contributed by atoms with E-state index in [1.165, 1.54) is 12.4 Å². The van der Waals surface area contributed by atoms with Crippen molar-refractivity contribution in [3.05, 3.63) is 59.9 Å². The van der Waals surface area contributed by atoms with Crippen LogP contribution in [-0.2, 0) is 19.8 Å². The third-order valence-electron chi connectivity index (χ3n) is 4.88. The molecular weight excluding hydrogens is 532 g/mol. The Morgan fingerprint density at radius 1 is 0.923 bits per heavy atom. The van der Waals surface area contributed by atoms with E-state index in [9.17, 15) is 35.9 Å². The maximum Gasteiger partial charge on any atom is 0.490 e. The summed E-state index contributed by atoms with van der Waals surface area (Å²) >= 11 is 0. The minimum Gasteiger partial charge on any atom is -0.475 e. The average Bonchev–Trinajstić information content (AvgIpc) is 2.74. The number of rotatable bonds is 5. The molecule has 1 aromatic carbocycles. The van der Waals surface area contributed by atoms with Crippen molar-refractivity contribution in [1.29, 1.82) is 0 Å². The molecule has 2 N–H and O–H groups in total. The van der Waals surface area contributed by atoms with E-state index in [0.717, 1.165) is 10.5 Å². The zero-order valence-electron chi connectivity index (χ0n) is 22.2. The Kier molecular flexibility index (Phi) is 10.7. The second kappa shape index (κ2) is 12.5. The minimum absolute atomic E-state index is 0.189. The molecule has 2 amide bonds. The van der Waals surface area contributed by atoms with Gasteiger partial charge in [-0.3, -0.25) is 19.5 Å². The summed E-state index contributed by atoms with van der Waals surface area (Å²) in [5.41, 5.74) is 0.606. The molecule has 0 aliphatic rings. The lowest BCUT2D eigenvalue weighted by molar-refractivity contribution is -0.192. The van der Waals surface area contributed by atoms with E-state index in [0.29, 0.717) is 5.56 Å². The highest BCUT2D eigenvalue weighted by Gasteiger charge is 2.40. The number of aliphatic carboxylic acids is 1. The van der Waals surface area contributed by atoms with Crippen molar-refractivity contribution in [2.24, 2.45) is 0 Å². The molecular formula is C26H31F6N3O4. The standard InChI is InChI=1S/C24H30F3N3O2.C2HF3O2/c1-22(2,3)17-9-11-18(12-10-17)30(19(31)14-24(25,26)27)20(16-8-7-13-28-15-16)21(32)29-23(4,5)6;3-2(4,5)1(6)7/h7-13,15,20H,14H2,1-6H3,(H,29,32);(H,6,7). The molecule has 1 unspecified atom stereocenters. The first kappa shape index (κ1) is 33.4. The maximum atomic E-state index is 13.3. The van der Waals surface area contributed by atoms with Crippen LogP contribution in [0.25, 0.3) is 0 Å². The van der Waals surface area contributed by atoms with Gasteiger partial charge in [-0.15, -0.1) is 0 Å². The number of carbonyl (C=O) groups is 3. The lowest BCUT2D eigenvalue weighted by atomic mass is 9.87. The maximum absolute atomic E-state index is 13.3. The molecule has 0 radical (unpaired) electrons. The van der Waals surface area contributed by atoms with Crippen LogP contribution in [0.5, 0.6) is 0 Å². The number of hydrogen-bond acceptors (Lipinski definition) is 4. The van der Waals surface area contributed by atoms with Crippen LogP contribution in [0.2, 0.25) is 0 Å². The monoisotopic (exact) mass is 563 g/mol. The van der Waals surface area contributed by atoms with Crippen LogP contribution in [0.15, 0.2) is 48.8 Å². The second-order valence-corrected chi connectivity index (χ2v) is 10.6. The number of pyridine rings is 1. The number of benzene rings is 1. The highest BCUT2D eigenvalue weighted by Crippen LogP contribution is 2.33. The molecule has 0 aliphatic heterocycles. The first-order valence-electron chi connectivity index (χ1n) is 11.5. The lowest BCUT2D eigenvalue weighted by Crippen LogP contribution is -2.50. The Hall–Kier alpha value is -3.64. The lowest BCUT2D eigenvalue weighted by Gasteiger charge is -2.34. The number of nitrogens with zero attached hydrogens (tertiary/aromatic N) is 2. The van der Waals surface area contributed by atoms with Crippen molar-refractivity contribution in [3.63, 3.8) is 0 Å². The normalized spacial score (nSPS) is 13.0. The molecule has 0 bridgehead atoms. The SMILES string of the molecule is CC(C)(C)NC(=O)C(c1cccnc1)N(C(=O)CC(F)(F)F)c1ccc(C(C)(C)C)cc1.O=C(O)C(F)(F)F. The number of halogens is 6. The molecule has 0 saturated carbocycles. The summed E-state index contributed by atoms with van der Waals surface area (Å²) in [7, 11) is 0. The van der Waals surface area contributed by atoms with Gasteiger partial charge < -0.3 is 10.4 Å². The first-order valence-corrected chi connectivity index (χ1v) is 11.5. The van der Waals surface area contributed by atoms with Crippen molar-refractivity contribution in [3.8, 4) is 0 Å². The van der Waals surface area contributed by atoms with E-state index >= 15 is 0 Å². The molecule has 216 valence electrons. The number of aromatic nitrogens is 1. The zero-order chi connectivity index (χ0) is 30.4. The Morgan fingerprint density at radius 2 is 1.44 bits per heavy atom. The molecule has 0 aliphatic carbocycles. The molecule has 1 heterocycles. The summed E-state index contributed by atoms with van der Waals surface area (Å²) in [6.45, 7) is 11.3. The Labute approximate surface area is 222 Å². The Bertz CT molecular complexity index is 1120. The van der Waals surface area contributed by atoms with Crippen molar-refractivity contribution in [2.45, 2.75) is 77.3 Å². The van der Waals surface area contributed by atoms with Crippen LogP contribution >= 0.6 is 0 Å². The smallest absolute Gasteiger partial charge is 0.475 e. The van der Waals surface area contributed by atoms with Crippen LogP contribution in [0.3, 0.4) is 0 Å². The molecule has 0 saturated heterocycles. The molecule has 2 aromatic rings. The summed E-state index contributed by atoms with van der Waals surface area (Å²) in [4.78, 5) is 40.0. The number of hydrogen-bond donors (Lipinski definition) is 2. The summed E-state index contributed by atoms with van der Waals surface area (Å²) < 4.78 is 71.3. The fourth-order valence-corrected chi connectivity index (χ4v) is 3.21. The van der Waals surface area contributed by atoms with E-state index in [4.69, 9.17) is 9.90 Å². The van der Waals surface area contributed by atoms with E-state index in [2.05, 4.69) is 10.3 Å². The quantitative estimate of drug-likeness (QED) is 0.438. The number of amides is 2. The van der Waals surface area contributed by atoms with Gasteiger partial charge in [0.1, 0.15) is 12.5 Å². The average molecular weight is 564 g/mol. The fraction of sp³-hybridized carbons (Fsp3) is 0.462. The molecule has 13 heteroatoms. The fourth-order valence-electron chi connectivity index (χ4n) is 3.21. The molecule has 0 spiro atoms. The second-order valence-electron chi connectivity index (χ2n) is 10.6. The van der Waals surface area contributed by atoms with Crippen LogP contribution in [-0.4, -0.2) is 45.8 Å². The van der Waals surface area contributed by atoms with E-state index in [1.54, 1.807) is 57.2 Å². The number of carboxylic acids is 1. The summed E-state index contributed by atoms with van der Waals surface area (Å²) in [5, 5.41) is 9.90. The van der Waals surface area contributed by atoms with Crippen LogP contribution in [0.1, 0.15) is 65.1 Å². The van der Waals surface area contributed by atoms with Crippen LogP contribution < -0.4 is 10.2 Å². The number of nitrogens with one attached hydrogen (secondary N) is 1. The van der Waals surface area contributed by atoms with Crippen molar-refractivity contribution < 1.29 is 45.8 Å². The number of carbonyl (C=O) groups excluding carboxylic acids is 2. The molecule has 2 rings (SSSR count). The van der Waals surface area contributed by atoms with Gasteiger partial charge in [0.2, 0.25) is 11.8 Å². The first-order chi connectivity index (χ1) is 17.5. The third kappa shape index (κ3) is 11.3. The highest BCUT2D eigenvalue weighted by molar-refractivity contribution is 6.01. The van der Waals surface area contributed by atoms with Gasteiger partial charge in [0, 0.05) is 29.2 Å². The molecule has 7 nitrogen and oxygen atoms in total. The van der Waals surface area contributed by atoms with Crippen molar-refractivity contribution in [2.75, 3.05) is 4.90 Å². The number of carboxylic acid groups (broad SMARTS) is 1.